The molecule has 4 heterocycles. The fourth-order valence-corrected chi connectivity index (χ4v) is 9.69. The predicted molar refractivity (Wildman–Crippen MR) is 203 cm³/mol. The minimum absolute atomic E-state index is 0.0398. The van der Waals surface area contributed by atoms with Crippen molar-refractivity contribution >= 4 is 49.2 Å². The molecule has 1 saturated heterocycles. The lowest BCUT2D eigenvalue weighted by Gasteiger charge is -2.33. The number of pyridine rings is 2. The number of hydrogen-bond acceptors (Lipinski definition) is 10. The fraction of sp³-hybridized carbons (Fsp3) is 0.595. The molecule has 3 aromatic rings. The van der Waals surface area contributed by atoms with Crippen molar-refractivity contribution in [3.8, 4) is 11.7 Å². The Hall–Kier alpha value is -3.49. The molecule has 0 bridgehead atoms. The zero-order valence-electron chi connectivity index (χ0n) is 30.9. The summed E-state index contributed by atoms with van der Waals surface area (Å²) in [4.78, 5) is 36.7. The van der Waals surface area contributed by atoms with Gasteiger partial charge in [0.05, 0.1) is 11.1 Å². The Morgan fingerprint density at radius 1 is 1.10 bits per heavy atom. The van der Waals surface area contributed by atoms with Crippen LogP contribution in [0.25, 0.3) is 5.82 Å². The molecule has 0 aromatic carbocycles. The van der Waals surface area contributed by atoms with Gasteiger partial charge in [-0.3, -0.25) is 9.52 Å². The Labute approximate surface area is 315 Å². The Morgan fingerprint density at radius 2 is 1.83 bits per heavy atom. The van der Waals surface area contributed by atoms with Crippen molar-refractivity contribution in [2.75, 3.05) is 25.0 Å². The third kappa shape index (κ3) is 7.48. The molecule has 3 saturated carbocycles. The normalized spacial score (nSPS) is 21.8. The highest BCUT2D eigenvalue weighted by Crippen LogP contribution is 2.94. The summed E-state index contributed by atoms with van der Waals surface area (Å²) in [6, 6.07) is 10.6. The van der Waals surface area contributed by atoms with Gasteiger partial charge in [0, 0.05) is 42.8 Å². The number of carbonyl (C=O) groups excluding carboxylic acids is 2. The largest absolute Gasteiger partial charge is 0.474 e. The van der Waals surface area contributed by atoms with Crippen LogP contribution in [0.4, 0.5) is 10.6 Å². The molecule has 0 radical (unpaired) electrons. The standard InChI is InChI=1S/C37H49BClN7O5S/c1-33(2,3)51-32(48)45-21-23(20-34(45,4)5)8-7-18-40-25-9-6-10-28(41-25)52-44-30(47)24-11-12-26(42-29(24)39)46-19-13-27(43-46)50-22-37(38,49)31-35(14-15-35)36(31)16-17-36/h6,9-13,19,23,31,49H,7-8,14-18,20-22,38H2,1-5H3,(H,40,41)(H,44,47). The molecule has 278 valence electrons. The molecule has 2 amide bonds. The Morgan fingerprint density at radius 3 is 2.50 bits per heavy atom. The minimum atomic E-state index is -0.887. The van der Waals surface area contributed by atoms with Gasteiger partial charge in [-0.1, -0.05) is 17.7 Å². The van der Waals surface area contributed by atoms with Crippen molar-refractivity contribution in [3.63, 3.8) is 0 Å². The first-order chi connectivity index (χ1) is 24.5. The minimum Gasteiger partial charge on any atom is -0.474 e. The maximum Gasteiger partial charge on any atom is 0.410 e. The number of aromatic nitrogens is 4. The van der Waals surface area contributed by atoms with Crippen molar-refractivity contribution in [3.05, 3.63) is 53.3 Å². The Bertz CT molecular complexity index is 1820. The highest BCUT2D eigenvalue weighted by Gasteiger charge is 2.89. The first-order valence-corrected chi connectivity index (χ1v) is 19.5. The number of anilines is 1. The zero-order chi connectivity index (χ0) is 37.1. The number of aliphatic hydroxyl groups is 1. The molecular weight excluding hydrogens is 701 g/mol. The summed E-state index contributed by atoms with van der Waals surface area (Å²) in [5.41, 5.74) is -0.681. The van der Waals surface area contributed by atoms with Crippen LogP contribution in [0.1, 0.15) is 89.9 Å². The molecule has 4 fully saturated rings. The third-order valence-electron chi connectivity index (χ3n) is 11.2. The summed E-state index contributed by atoms with van der Waals surface area (Å²) in [5, 5.41) is 19.7. The predicted octanol–water partition coefficient (Wildman–Crippen LogP) is 5.87. The summed E-state index contributed by atoms with van der Waals surface area (Å²) in [7, 11) is 1.89. The van der Waals surface area contributed by atoms with Crippen molar-refractivity contribution in [2.45, 2.75) is 101 Å². The molecule has 52 heavy (non-hydrogen) atoms. The summed E-state index contributed by atoms with van der Waals surface area (Å²) in [6.07, 6.45) is 9.21. The summed E-state index contributed by atoms with van der Waals surface area (Å²) >= 11 is 7.56. The van der Waals surface area contributed by atoms with Crippen LogP contribution in [-0.4, -0.2) is 85.9 Å². The lowest BCUT2D eigenvalue weighted by Crippen LogP contribution is -2.45. The first-order valence-electron chi connectivity index (χ1n) is 18.3. The van der Waals surface area contributed by atoms with Gasteiger partial charge in [0.15, 0.2) is 5.82 Å². The van der Waals surface area contributed by atoms with Crippen LogP contribution in [0.15, 0.2) is 47.6 Å². The van der Waals surface area contributed by atoms with E-state index in [0.717, 1.165) is 37.8 Å². The van der Waals surface area contributed by atoms with Crippen LogP contribution >= 0.6 is 23.5 Å². The molecule has 7 rings (SSSR count). The second-order valence-electron chi connectivity index (χ2n) is 16.9. The molecular formula is C37H49BClN7O5S. The summed E-state index contributed by atoms with van der Waals surface area (Å²) < 4.78 is 15.9. The van der Waals surface area contributed by atoms with Gasteiger partial charge >= 0.3 is 6.09 Å². The van der Waals surface area contributed by atoms with E-state index >= 15 is 0 Å². The zero-order valence-corrected chi connectivity index (χ0v) is 32.4. The maximum atomic E-state index is 13.0. The number of halogens is 1. The van der Waals surface area contributed by atoms with E-state index in [1.807, 2.05) is 51.7 Å². The van der Waals surface area contributed by atoms with Crippen molar-refractivity contribution < 1.29 is 24.2 Å². The molecule has 3 aromatic heterocycles. The molecule has 12 nitrogen and oxygen atoms in total. The van der Waals surface area contributed by atoms with E-state index in [0.29, 0.717) is 51.8 Å². The lowest BCUT2D eigenvalue weighted by molar-refractivity contribution is 0.0130. The van der Waals surface area contributed by atoms with Crippen LogP contribution in [0.2, 0.25) is 5.15 Å². The van der Waals surface area contributed by atoms with Crippen LogP contribution in [0.5, 0.6) is 5.88 Å². The van der Waals surface area contributed by atoms with E-state index in [2.05, 4.69) is 39.0 Å². The Balaban J connectivity index is 0.853. The second kappa shape index (κ2) is 13.4. The smallest absolute Gasteiger partial charge is 0.410 e. The highest BCUT2D eigenvalue weighted by molar-refractivity contribution is 7.97. The number of fused-ring (bicyclic) bond motifs is 1. The molecule has 2 unspecified atom stereocenters. The van der Waals surface area contributed by atoms with E-state index in [1.165, 1.54) is 30.4 Å². The molecule has 3 N–H and O–H groups in total. The van der Waals surface area contributed by atoms with Crippen LogP contribution < -0.4 is 14.8 Å². The number of nitrogens with zero attached hydrogens (tertiary/aromatic N) is 5. The van der Waals surface area contributed by atoms with E-state index < -0.39 is 17.0 Å². The monoisotopic (exact) mass is 749 g/mol. The highest BCUT2D eigenvalue weighted by atomic mass is 35.5. The number of nitrogens with one attached hydrogen (secondary N) is 2. The number of carbonyl (C=O) groups is 2. The van der Waals surface area contributed by atoms with Gasteiger partial charge < -0.3 is 24.8 Å². The van der Waals surface area contributed by atoms with Gasteiger partial charge in [0.2, 0.25) is 5.88 Å². The van der Waals surface area contributed by atoms with Gasteiger partial charge in [-0.25, -0.2) is 19.4 Å². The van der Waals surface area contributed by atoms with Crippen LogP contribution in [-0.2, 0) is 4.74 Å². The number of rotatable bonds is 13. The van der Waals surface area contributed by atoms with E-state index in [-0.39, 0.29) is 29.0 Å². The lowest BCUT2D eigenvalue weighted by atomic mass is 9.76. The van der Waals surface area contributed by atoms with Gasteiger partial charge in [0.1, 0.15) is 36.1 Å². The first kappa shape index (κ1) is 36.9. The average molecular weight is 750 g/mol. The quantitative estimate of drug-likeness (QED) is 0.0841. The van der Waals surface area contributed by atoms with Gasteiger partial charge in [-0.15, -0.1) is 5.10 Å². The SMILES string of the molecule is BC(O)(COc1ccn(-c2ccc(C(=O)NSc3cccc(NCCCC4CN(C(=O)OC(C)(C)C)C(C)(C)C4)n3)c(Cl)n2)n1)C1C2(CC2)C12CC2. The summed E-state index contributed by atoms with van der Waals surface area (Å²) in [5.74, 6) is 1.85. The van der Waals surface area contributed by atoms with E-state index in [9.17, 15) is 14.7 Å². The maximum absolute atomic E-state index is 13.0. The topological polar surface area (TPSA) is 144 Å². The number of likely N-dealkylation sites (tertiary alicyclic amines) is 1. The van der Waals surface area contributed by atoms with Gasteiger partial charge in [-0.05, 0) is 126 Å². The second-order valence-corrected chi connectivity index (χ2v) is 18.1. The number of hydrogen-bond donors (Lipinski definition) is 3. The summed E-state index contributed by atoms with van der Waals surface area (Å²) in [6.45, 7) is 11.5. The molecule has 2 atom stereocenters. The van der Waals surface area contributed by atoms with E-state index in [4.69, 9.17) is 21.1 Å². The molecule has 1 aliphatic heterocycles. The Kier molecular flexibility index (Phi) is 9.51. The van der Waals surface area contributed by atoms with Gasteiger partial charge in [-0.2, -0.15) is 0 Å². The number of amides is 2. The van der Waals surface area contributed by atoms with Crippen molar-refractivity contribution in [2.24, 2.45) is 22.7 Å². The third-order valence-corrected chi connectivity index (χ3v) is 12.3. The molecule has 4 aliphatic rings. The molecule has 15 heteroatoms. The van der Waals surface area contributed by atoms with E-state index in [1.54, 1.807) is 24.4 Å². The average Bonchev–Trinajstić information content (AvgIpc) is 4.03. The van der Waals surface area contributed by atoms with Crippen LogP contribution in [0.3, 0.4) is 0 Å². The molecule has 2 spiro atoms. The fourth-order valence-electron chi connectivity index (χ4n) is 8.86. The van der Waals surface area contributed by atoms with Crippen molar-refractivity contribution in [1.82, 2.24) is 29.4 Å². The van der Waals surface area contributed by atoms with Gasteiger partial charge in [0.25, 0.3) is 5.91 Å². The van der Waals surface area contributed by atoms with Crippen molar-refractivity contribution in [1.29, 1.82) is 0 Å². The molecule has 3 aliphatic carbocycles. The number of ether oxygens (including phenoxy) is 2. The van der Waals surface area contributed by atoms with Crippen LogP contribution in [0, 0.1) is 22.7 Å².